The fourth-order valence-electron chi connectivity index (χ4n) is 7.45. The molecule has 0 spiro atoms. The van der Waals surface area contributed by atoms with Crippen LogP contribution in [0.15, 0.2) is 115 Å². The average Bonchev–Trinajstić information content (AvgIpc) is 3.41. The van der Waals surface area contributed by atoms with E-state index in [1.54, 1.807) is 12.1 Å². The predicted molar refractivity (Wildman–Crippen MR) is 279 cm³/mol. The number of benzene rings is 4. The van der Waals surface area contributed by atoms with Crippen molar-refractivity contribution in [2.75, 3.05) is 97.0 Å². The number of nitrogens with one attached hydrogen (secondary N) is 4. The van der Waals surface area contributed by atoms with Gasteiger partial charge in [-0.3, -0.25) is 24.0 Å². The van der Waals surface area contributed by atoms with Crippen LogP contribution in [0.5, 0.6) is 0 Å². The molecule has 4 aromatic carbocycles. The van der Waals surface area contributed by atoms with E-state index in [4.69, 9.17) is 44.9 Å². The highest BCUT2D eigenvalue weighted by molar-refractivity contribution is 6.17. The van der Waals surface area contributed by atoms with Crippen molar-refractivity contribution in [1.29, 1.82) is 0 Å². The summed E-state index contributed by atoms with van der Waals surface area (Å²) >= 11 is 5.67. The maximum absolute atomic E-state index is 13.1. The number of rotatable bonds is 42. The largest absolute Gasteiger partial charge is 0.379 e. The van der Waals surface area contributed by atoms with Gasteiger partial charge in [0.2, 0.25) is 23.6 Å². The maximum atomic E-state index is 13.1. The third-order valence-electron chi connectivity index (χ3n) is 11.3. The molecule has 72 heavy (non-hydrogen) atoms. The second-order valence-corrected chi connectivity index (χ2v) is 17.3. The molecular weight excluding hydrogens is 940 g/mol. The van der Waals surface area contributed by atoms with Crippen LogP contribution in [0.25, 0.3) is 0 Å². The molecule has 0 saturated carbocycles. The lowest BCUT2D eigenvalue weighted by Gasteiger charge is -2.35. The first-order valence-electron chi connectivity index (χ1n) is 25.5. The Hall–Kier alpha value is -5.23. The smallest absolute Gasteiger partial charge is 0.243 e. The first-order valence-corrected chi connectivity index (χ1v) is 26.0. The Balaban J connectivity index is 0.933. The van der Waals surface area contributed by atoms with E-state index in [-0.39, 0.29) is 36.5 Å². The first-order chi connectivity index (χ1) is 35.4. The molecule has 0 atom stereocenters. The van der Waals surface area contributed by atoms with Gasteiger partial charge in [-0.2, -0.15) is 0 Å². The standard InChI is InChI=1S/C56H77ClN4O11/c57-32-16-3-4-17-34-66-36-38-68-40-42-70-44-45-71-43-41-69-39-37-67-35-33-58-52(62)30-31-53(63)59-46-47-26-28-51(29-27-47)60-54(64)24-14-1-2-15-25-55(65)61-72-56(48-18-8-5-9-19-48,49-20-10-6-11-21-49)50-22-12-7-13-23-50/h5-13,18-23,26-29H,1-4,14-17,24-25,30-46H2,(H,58,62)(H,59,63)(H,60,64)(H,61,65). The number of halogens is 1. The zero-order chi connectivity index (χ0) is 51.0. The molecule has 0 radical (unpaired) electrons. The molecule has 0 unspecified atom stereocenters. The fourth-order valence-corrected chi connectivity index (χ4v) is 7.64. The molecule has 0 bridgehead atoms. The van der Waals surface area contributed by atoms with Crippen molar-refractivity contribution in [3.05, 3.63) is 138 Å². The fraction of sp³-hybridized carbons (Fsp3) is 0.500. The van der Waals surface area contributed by atoms with E-state index in [1.807, 2.05) is 103 Å². The summed E-state index contributed by atoms with van der Waals surface area (Å²) in [5.74, 6) is -0.0433. The van der Waals surface area contributed by atoms with E-state index < -0.39 is 5.60 Å². The van der Waals surface area contributed by atoms with Gasteiger partial charge >= 0.3 is 0 Å². The molecule has 0 heterocycles. The van der Waals surface area contributed by atoms with E-state index in [9.17, 15) is 19.2 Å². The number of hydrogen-bond acceptors (Lipinski definition) is 11. The van der Waals surface area contributed by atoms with Crippen molar-refractivity contribution >= 4 is 40.9 Å². The lowest BCUT2D eigenvalue weighted by atomic mass is 9.80. The van der Waals surface area contributed by atoms with Crippen molar-refractivity contribution in [3.8, 4) is 0 Å². The molecule has 4 N–H and O–H groups in total. The summed E-state index contributed by atoms with van der Waals surface area (Å²) in [7, 11) is 0. The molecule has 0 aliphatic heterocycles. The quantitative estimate of drug-likeness (QED) is 0.0145. The van der Waals surface area contributed by atoms with Crippen LogP contribution in [-0.2, 0) is 64.6 Å². The van der Waals surface area contributed by atoms with Crippen LogP contribution in [0.4, 0.5) is 5.69 Å². The Morgan fingerprint density at radius 3 is 1.31 bits per heavy atom. The second-order valence-electron chi connectivity index (χ2n) is 17.0. The number of carbonyl (C=O) groups is 4. The number of carbonyl (C=O) groups excluding carboxylic acids is 4. The van der Waals surface area contributed by atoms with Gasteiger partial charge in [-0.1, -0.05) is 129 Å². The molecule has 16 heteroatoms. The van der Waals surface area contributed by atoms with Crippen molar-refractivity contribution in [2.45, 2.75) is 89.2 Å². The summed E-state index contributed by atoms with van der Waals surface area (Å²) in [6.07, 6.45) is 8.14. The number of hydroxylamine groups is 1. The zero-order valence-corrected chi connectivity index (χ0v) is 42.7. The van der Waals surface area contributed by atoms with Gasteiger partial charge in [-0.05, 0) is 60.1 Å². The van der Waals surface area contributed by atoms with Crippen molar-refractivity contribution < 1.29 is 52.4 Å². The average molecular weight is 1020 g/mol. The molecule has 0 aromatic heterocycles. The van der Waals surface area contributed by atoms with Gasteiger partial charge in [-0.15, -0.1) is 11.6 Å². The lowest BCUT2D eigenvalue weighted by molar-refractivity contribution is -0.143. The van der Waals surface area contributed by atoms with Gasteiger partial charge in [0, 0.05) is 56.9 Å². The van der Waals surface area contributed by atoms with E-state index in [0.717, 1.165) is 73.3 Å². The highest BCUT2D eigenvalue weighted by atomic mass is 35.5. The Morgan fingerprint density at radius 2 is 0.819 bits per heavy atom. The van der Waals surface area contributed by atoms with Gasteiger partial charge in [0.1, 0.15) is 0 Å². The Labute approximate surface area is 431 Å². The molecule has 0 aliphatic carbocycles. The van der Waals surface area contributed by atoms with E-state index in [1.165, 1.54) is 0 Å². The minimum atomic E-state index is -1.05. The third-order valence-corrected chi connectivity index (χ3v) is 11.6. The molecule has 0 saturated heterocycles. The SMILES string of the molecule is O=C(CCC(=O)NCc1ccc(NC(=O)CCCCCCC(=O)NOC(c2ccccc2)(c2ccccc2)c2ccccc2)cc1)NCCOCCOCCOCCOCCOCCOCCCCCCCl. The summed E-state index contributed by atoms with van der Waals surface area (Å²) in [6, 6.07) is 36.9. The van der Waals surface area contributed by atoms with Gasteiger partial charge in [0.25, 0.3) is 0 Å². The van der Waals surface area contributed by atoms with Gasteiger partial charge in [0.15, 0.2) is 5.60 Å². The van der Waals surface area contributed by atoms with Crippen LogP contribution in [-0.4, -0.2) is 115 Å². The number of alkyl halides is 1. The molecule has 0 fully saturated rings. The first kappa shape index (κ1) is 59.3. The maximum Gasteiger partial charge on any atom is 0.243 e. The molecule has 15 nitrogen and oxygen atoms in total. The topological polar surface area (TPSA) is 181 Å². The summed E-state index contributed by atoms with van der Waals surface area (Å²) in [4.78, 5) is 56.7. The van der Waals surface area contributed by atoms with Crippen molar-refractivity contribution in [1.82, 2.24) is 16.1 Å². The number of amides is 4. The molecule has 0 aliphatic rings. The summed E-state index contributed by atoms with van der Waals surface area (Å²) in [5, 5.41) is 8.51. The predicted octanol–water partition coefficient (Wildman–Crippen LogP) is 8.42. The molecular formula is C56H77ClN4O11. The highest BCUT2D eigenvalue weighted by Gasteiger charge is 2.39. The number of anilines is 1. The lowest BCUT2D eigenvalue weighted by Crippen LogP contribution is -2.40. The van der Waals surface area contributed by atoms with E-state index in [0.29, 0.717) is 117 Å². The minimum Gasteiger partial charge on any atom is -0.379 e. The molecule has 4 aromatic rings. The van der Waals surface area contributed by atoms with Crippen LogP contribution in [0, 0.1) is 0 Å². The molecule has 4 amide bonds. The number of hydrogen-bond donors (Lipinski definition) is 4. The van der Waals surface area contributed by atoms with Gasteiger partial charge in [0.05, 0.1) is 72.7 Å². The summed E-state index contributed by atoms with van der Waals surface area (Å²) < 4.78 is 33.0. The highest BCUT2D eigenvalue weighted by Crippen LogP contribution is 2.39. The van der Waals surface area contributed by atoms with E-state index >= 15 is 0 Å². The van der Waals surface area contributed by atoms with Crippen molar-refractivity contribution in [2.24, 2.45) is 0 Å². The van der Waals surface area contributed by atoms with Gasteiger partial charge < -0.3 is 44.4 Å². The van der Waals surface area contributed by atoms with Crippen LogP contribution in [0.3, 0.4) is 0 Å². The van der Waals surface area contributed by atoms with Crippen molar-refractivity contribution in [3.63, 3.8) is 0 Å². The minimum absolute atomic E-state index is 0.0600. The Kier molecular flexibility index (Phi) is 31.6. The number of ether oxygens (including phenoxy) is 6. The molecule has 4 rings (SSSR count). The Bertz CT molecular complexity index is 1940. The zero-order valence-electron chi connectivity index (χ0n) is 41.9. The summed E-state index contributed by atoms with van der Waals surface area (Å²) in [6.45, 7) is 6.56. The van der Waals surface area contributed by atoms with Gasteiger partial charge in [-0.25, -0.2) is 5.48 Å². The monoisotopic (exact) mass is 1020 g/mol. The van der Waals surface area contributed by atoms with E-state index in [2.05, 4.69) is 21.4 Å². The number of unbranched alkanes of at least 4 members (excludes halogenated alkanes) is 6. The third kappa shape index (κ3) is 25.4. The van der Waals surface area contributed by atoms with Crippen LogP contribution in [0.1, 0.15) is 99.3 Å². The Morgan fingerprint density at radius 1 is 0.403 bits per heavy atom. The van der Waals surface area contributed by atoms with Crippen LogP contribution >= 0.6 is 11.6 Å². The normalized spacial score (nSPS) is 11.3. The summed E-state index contributed by atoms with van der Waals surface area (Å²) in [5.41, 5.74) is 5.91. The molecule has 394 valence electrons. The van der Waals surface area contributed by atoms with Crippen LogP contribution < -0.4 is 21.4 Å². The van der Waals surface area contributed by atoms with Crippen LogP contribution in [0.2, 0.25) is 0 Å². The second kappa shape index (κ2) is 38.4.